The number of aromatic nitrogens is 1. The number of amides is 1. The first kappa shape index (κ1) is 17.1. The minimum atomic E-state index is -0.430. The summed E-state index contributed by atoms with van der Waals surface area (Å²) in [6, 6.07) is 7.10. The lowest BCUT2D eigenvalue weighted by molar-refractivity contribution is 0.0235. The summed E-state index contributed by atoms with van der Waals surface area (Å²) in [4.78, 5) is 26.5. The molecular formula is C19H19ClN2O4. The molecule has 3 N–H and O–H groups in total. The van der Waals surface area contributed by atoms with Crippen LogP contribution in [0.15, 0.2) is 35.3 Å². The number of hydrogen-bond acceptors (Lipinski definition) is 4. The van der Waals surface area contributed by atoms with E-state index < -0.39 is 5.56 Å². The third-order valence-corrected chi connectivity index (χ3v) is 5.38. The molecule has 1 fully saturated rings. The largest absolute Gasteiger partial charge is 0.493 e. The summed E-state index contributed by atoms with van der Waals surface area (Å²) >= 11 is 5.82. The average molecular weight is 375 g/mol. The molecule has 1 atom stereocenters. The van der Waals surface area contributed by atoms with Crippen LogP contribution in [0.25, 0.3) is 0 Å². The minimum absolute atomic E-state index is 0.0251. The topological polar surface area (TPSA) is 91.4 Å². The van der Waals surface area contributed by atoms with Gasteiger partial charge in [0.15, 0.2) is 0 Å². The highest BCUT2D eigenvalue weighted by atomic mass is 35.5. The van der Waals surface area contributed by atoms with Crippen molar-refractivity contribution in [1.82, 2.24) is 10.3 Å². The van der Waals surface area contributed by atoms with Crippen molar-refractivity contribution < 1.29 is 14.6 Å². The van der Waals surface area contributed by atoms with Crippen molar-refractivity contribution in [3.05, 3.63) is 62.5 Å². The summed E-state index contributed by atoms with van der Waals surface area (Å²) in [5.41, 5.74) is 1.99. The summed E-state index contributed by atoms with van der Waals surface area (Å²) in [5, 5.41) is 12.7. The first-order chi connectivity index (χ1) is 12.5. The Kier molecular flexibility index (Phi) is 4.46. The van der Waals surface area contributed by atoms with E-state index in [9.17, 15) is 14.7 Å². The SMILES string of the molecule is O=C(NC(c1ccc2c(c1)CCO2)C1CC(O)C1)c1c[nH]c(=O)c(Cl)c1. The van der Waals surface area contributed by atoms with Crippen LogP contribution in [0.2, 0.25) is 5.02 Å². The monoisotopic (exact) mass is 374 g/mol. The van der Waals surface area contributed by atoms with E-state index in [-0.39, 0.29) is 29.0 Å². The van der Waals surface area contributed by atoms with Gasteiger partial charge in [-0.2, -0.15) is 0 Å². The van der Waals surface area contributed by atoms with Crippen LogP contribution in [0, 0.1) is 5.92 Å². The van der Waals surface area contributed by atoms with Crippen LogP contribution in [-0.4, -0.2) is 28.7 Å². The molecule has 0 saturated heterocycles. The van der Waals surface area contributed by atoms with Gasteiger partial charge in [0.05, 0.1) is 24.3 Å². The lowest BCUT2D eigenvalue weighted by atomic mass is 9.74. The van der Waals surface area contributed by atoms with Crippen molar-refractivity contribution in [1.29, 1.82) is 0 Å². The number of ether oxygens (including phenoxy) is 1. The van der Waals surface area contributed by atoms with E-state index in [0.29, 0.717) is 25.0 Å². The fourth-order valence-electron chi connectivity index (χ4n) is 3.59. The van der Waals surface area contributed by atoms with Crippen LogP contribution in [-0.2, 0) is 6.42 Å². The fourth-order valence-corrected chi connectivity index (χ4v) is 3.76. The summed E-state index contributed by atoms with van der Waals surface area (Å²) < 4.78 is 5.55. The molecule has 0 radical (unpaired) electrons. The first-order valence-corrected chi connectivity index (χ1v) is 9.02. The second kappa shape index (κ2) is 6.78. The van der Waals surface area contributed by atoms with Crippen molar-refractivity contribution in [2.45, 2.75) is 31.4 Å². The van der Waals surface area contributed by atoms with Gasteiger partial charge in [-0.1, -0.05) is 17.7 Å². The zero-order valence-corrected chi connectivity index (χ0v) is 14.8. The molecule has 1 aromatic heterocycles. The molecule has 2 aromatic rings. The average Bonchev–Trinajstić information content (AvgIpc) is 3.07. The number of carbonyl (C=O) groups excluding carboxylic acids is 1. The smallest absolute Gasteiger partial charge is 0.266 e. The van der Waals surface area contributed by atoms with E-state index >= 15 is 0 Å². The summed E-state index contributed by atoms with van der Waals surface area (Å²) in [7, 11) is 0. The van der Waals surface area contributed by atoms with Gasteiger partial charge in [-0.25, -0.2) is 0 Å². The van der Waals surface area contributed by atoms with Gasteiger partial charge in [0.1, 0.15) is 10.8 Å². The Morgan fingerprint density at radius 2 is 2.15 bits per heavy atom. The van der Waals surface area contributed by atoms with Crippen molar-refractivity contribution in [3.8, 4) is 5.75 Å². The van der Waals surface area contributed by atoms with E-state index in [1.807, 2.05) is 12.1 Å². The van der Waals surface area contributed by atoms with Crippen LogP contribution in [0.1, 0.15) is 40.4 Å². The van der Waals surface area contributed by atoms with Crippen LogP contribution in [0.5, 0.6) is 5.75 Å². The van der Waals surface area contributed by atoms with Gasteiger partial charge in [0.2, 0.25) is 0 Å². The molecule has 0 spiro atoms. The molecule has 7 heteroatoms. The third-order valence-electron chi connectivity index (χ3n) is 5.10. The number of pyridine rings is 1. The molecule has 4 rings (SSSR count). The Balaban J connectivity index is 1.60. The van der Waals surface area contributed by atoms with Crippen LogP contribution >= 0.6 is 11.6 Å². The van der Waals surface area contributed by atoms with Gasteiger partial charge in [-0.05, 0) is 48.1 Å². The van der Waals surface area contributed by atoms with Crippen LogP contribution in [0.3, 0.4) is 0 Å². The molecule has 136 valence electrons. The van der Waals surface area contributed by atoms with Gasteiger partial charge >= 0.3 is 0 Å². The standard InChI is InChI=1S/C19H19ClN2O4/c20-15-8-13(9-21-19(15)25)18(24)22-17(12-6-14(23)7-12)11-1-2-16-10(5-11)3-4-26-16/h1-2,5,8-9,12,14,17,23H,3-4,6-7H2,(H,21,25)(H,22,24). The van der Waals surface area contributed by atoms with Gasteiger partial charge < -0.3 is 20.1 Å². The number of aliphatic hydroxyl groups excluding tert-OH is 1. The number of nitrogens with one attached hydrogen (secondary N) is 2. The van der Waals surface area contributed by atoms with E-state index in [1.165, 1.54) is 12.3 Å². The summed E-state index contributed by atoms with van der Waals surface area (Å²) in [5.74, 6) is 0.735. The second-order valence-electron chi connectivity index (χ2n) is 6.87. The molecule has 1 aliphatic carbocycles. The zero-order chi connectivity index (χ0) is 18.3. The van der Waals surface area contributed by atoms with E-state index in [2.05, 4.69) is 16.4 Å². The second-order valence-corrected chi connectivity index (χ2v) is 7.27. The number of halogens is 1. The fraction of sp³-hybridized carbons (Fsp3) is 0.368. The Bertz CT molecular complexity index is 905. The first-order valence-electron chi connectivity index (χ1n) is 8.64. The number of carbonyl (C=O) groups is 1. The number of aliphatic hydroxyl groups is 1. The zero-order valence-electron chi connectivity index (χ0n) is 14.0. The molecule has 1 saturated carbocycles. The number of aromatic amines is 1. The Morgan fingerprint density at radius 1 is 1.35 bits per heavy atom. The minimum Gasteiger partial charge on any atom is -0.493 e. The van der Waals surface area contributed by atoms with Crippen molar-refractivity contribution >= 4 is 17.5 Å². The van der Waals surface area contributed by atoms with Gasteiger partial charge in [0.25, 0.3) is 11.5 Å². The van der Waals surface area contributed by atoms with Crippen LogP contribution in [0.4, 0.5) is 0 Å². The van der Waals surface area contributed by atoms with Crippen molar-refractivity contribution in [2.75, 3.05) is 6.61 Å². The highest BCUT2D eigenvalue weighted by Gasteiger charge is 2.36. The van der Waals surface area contributed by atoms with Crippen molar-refractivity contribution in [2.24, 2.45) is 5.92 Å². The number of rotatable bonds is 4. The van der Waals surface area contributed by atoms with E-state index in [0.717, 1.165) is 23.3 Å². The summed E-state index contributed by atoms with van der Waals surface area (Å²) in [6.45, 7) is 0.674. The molecule has 1 amide bonds. The maximum Gasteiger partial charge on any atom is 0.266 e. The highest BCUT2D eigenvalue weighted by Crippen LogP contribution is 2.40. The Labute approximate surface area is 155 Å². The normalized spacial score (nSPS) is 22.1. The Hall–Kier alpha value is -2.31. The number of hydrogen-bond donors (Lipinski definition) is 3. The molecule has 6 nitrogen and oxygen atoms in total. The molecule has 2 aliphatic rings. The quantitative estimate of drug-likeness (QED) is 0.765. The number of benzene rings is 1. The van der Waals surface area contributed by atoms with E-state index in [4.69, 9.17) is 16.3 Å². The molecule has 1 aromatic carbocycles. The maximum atomic E-state index is 12.7. The van der Waals surface area contributed by atoms with Crippen LogP contribution < -0.4 is 15.6 Å². The predicted molar refractivity (Wildman–Crippen MR) is 96.7 cm³/mol. The van der Waals surface area contributed by atoms with Gasteiger partial charge in [-0.15, -0.1) is 0 Å². The molecule has 1 aliphatic heterocycles. The number of fused-ring (bicyclic) bond motifs is 1. The van der Waals surface area contributed by atoms with E-state index in [1.54, 1.807) is 0 Å². The summed E-state index contributed by atoms with van der Waals surface area (Å²) in [6.07, 6.45) is 3.18. The molecule has 1 unspecified atom stereocenters. The highest BCUT2D eigenvalue weighted by molar-refractivity contribution is 6.30. The lowest BCUT2D eigenvalue weighted by Gasteiger charge is -2.38. The Morgan fingerprint density at radius 3 is 2.88 bits per heavy atom. The third kappa shape index (κ3) is 3.22. The molecule has 0 bridgehead atoms. The van der Waals surface area contributed by atoms with Gasteiger partial charge in [-0.3, -0.25) is 9.59 Å². The van der Waals surface area contributed by atoms with Gasteiger partial charge in [0, 0.05) is 12.6 Å². The van der Waals surface area contributed by atoms with Crippen molar-refractivity contribution in [3.63, 3.8) is 0 Å². The number of H-pyrrole nitrogens is 1. The molecular weight excluding hydrogens is 356 g/mol. The predicted octanol–water partition coefficient (Wildman–Crippen LogP) is 2.21. The maximum absolute atomic E-state index is 12.7. The lowest BCUT2D eigenvalue weighted by Crippen LogP contribution is -2.41. The molecule has 2 heterocycles. The molecule has 26 heavy (non-hydrogen) atoms.